The number of morpholine rings is 1. The Kier molecular flexibility index (Phi) is 7.14. The first-order valence-corrected chi connectivity index (χ1v) is 9.82. The van der Waals surface area contributed by atoms with Crippen molar-refractivity contribution < 1.29 is 14.3 Å². The number of rotatable bonds is 7. The highest BCUT2D eigenvalue weighted by molar-refractivity contribution is 6.33. The first-order chi connectivity index (χ1) is 13.6. The van der Waals surface area contributed by atoms with E-state index in [0.717, 1.165) is 19.6 Å². The van der Waals surface area contributed by atoms with E-state index in [1.54, 1.807) is 12.1 Å². The number of anilines is 1. The second kappa shape index (κ2) is 9.78. The molecule has 1 heterocycles. The Hall–Kier alpha value is -2.28. The molecule has 150 valence electrons. The molecule has 7 heteroatoms. The van der Waals surface area contributed by atoms with Crippen LogP contribution in [0.2, 0.25) is 5.02 Å². The van der Waals surface area contributed by atoms with Crippen LogP contribution in [0.1, 0.15) is 22.8 Å². The van der Waals surface area contributed by atoms with E-state index in [0.29, 0.717) is 41.8 Å². The normalized spacial score (nSPS) is 17.3. The summed E-state index contributed by atoms with van der Waals surface area (Å²) in [4.78, 5) is 15.0. The van der Waals surface area contributed by atoms with Gasteiger partial charge in [0, 0.05) is 32.2 Å². The molecule has 0 bridgehead atoms. The van der Waals surface area contributed by atoms with Gasteiger partial charge < -0.3 is 20.5 Å². The SMILES string of the molecule is CCOc1cc(N)c(Cl)cc1C(=O)NCC1CN(Cc2ccccc2)CCO1. The summed E-state index contributed by atoms with van der Waals surface area (Å²) in [6, 6.07) is 13.5. The number of hydrogen-bond donors (Lipinski definition) is 2. The van der Waals surface area contributed by atoms with Crippen molar-refractivity contribution in [3.05, 3.63) is 58.6 Å². The second-order valence-corrected chi connectivity index (χ2v) is 7.13. The molecule has 0 aliphatic carbocycles. The van der Waals surface area contributed by atoms with Crippen LogP contribution in [0, 0.1) is 0 Å². The zero-order valence-electron chi connectivity index (χ0n) is 16.0. The van der Waals surface area contributed by atoms with Crippen molar-refractivity contribution in [1.29, 1.82) is 0 Å². The minimum absolute atomic E-state index is 0.0683. The lowest BCUT2D eigenvalue weighted by Gasteiger charge is -2.33. The lowest BCUT2D eigenvalue weighted by molar-refractivity contribution is -0.0292. The van der Waals surface area contributed by atoms with Crippen LogP contribution >= 0.6 is 11.6 Å². The molecule has 3 rings (SSSR count). The summed E-state index contributed by atoms with van der Waals surface area (Å²) in [6.45, 7) is 5.85. The van der Waals surface area contributed by atoms with Gasteiger partial charge in [-0.1, -0.05) is 41.9 Å². The number of halogens is 1. The fourth-order valence-electron chi connectivity index (χ4n) is 3.21. The highest BCUT2D eigenvalue weighted by atomic mass is 35.5. The molecule has 0 radical (unpaired) electrons. The topological polar surface area (TPSA) is 76.8 Å². The minimum Gasteiger partial charge on any atom is -0.493 e. The Morgan fingerprint density at radius 2 is 2.14 bits per heavy atom. The molecule has 1 aliphatic rings. The Morgan fingerprint density at radius 3 is 2.89 bits per heavy atom. The smallest absolute Gasteiger partial charge is 0.255 e. The van der Waals surface area contributed by atoms with Gasteiger partial charge in [-0.3, -0.25) is 9.69 Å². The molecule has 0 saturated carbocycles. The summed E-state index contributed by atoms with van der Waals surface area (Å²) in [5.74, 6) is 0.172. The van der Waals surface area contributed by atoms with Crippen LogP contribution in [0.25, 0.3) is 0 Å². The van der Waals surface area contributed by atoms with Crippen molar-refractivity contribution in [2.45, 2.75) is 19.6 Å². The average Bonchev–Trinajstić information content (AvgIpc) is 2.70. The molecule has 28 heavy (non-hydrogen) atoms. The van der Waals surface area contributed by atoms with E-state index in [2.05, 4.69) is 22.3 Å². The molecule has 1 unspecified atom stereocenters. The molecule has 1 aliphatic heterocycles. The van der Waals surface area contributed by atoms with Gasteiger partial charge in [0.25, 0.3) is 5.91 Å². The summed E-state index contributed by atoms with van der Waals surface area (Å²) in [5.41, 5.74) is 7.85. The molecule has 2 aromatic rings. The van der Waals surface area contributed by atoms with Crippen molar-refractivity contribution >= 4 is 23.2 Å². The van der Waals surface area contributed by atoms with Crippen LogP contribution < -0.4 is 15.8 Å². The van der Waals surface area contributed by atoms with Crippen LogP contribution in [0.15, 0.2) is 42.5 Å². The Bertz CT molecular complexity index is 801. The standard InChI is InChI=1S/C21H26ClN3O3/c1-2-27-20-11-19(23)18(22)10-17(20)21(26)24-12-16-14-25(8-9-28-16)13-15-6-4-3-5-7-15/h3-7,10-11,16H,2,8-9,12-14,23H2,1H3,(H,24,26). The van der Waals surface area contributed by atoms with Gasteiger partial charge in [0.2, 0.25) is 0 Å². The maximum atomic E-state index is 12.7. The molecule has 0 spiro atoms. The number of nitrogens with zero attached hydrogens (tertiary/aromatic N) is 1. The molecular weight excluding hydrogens is 378 g/mol. The third-order valence-corrected chi connectivity index (χ3v) is 4.93. The average molecular weight is 404 g/mol. The summed E-state index contributed by atoms with van der Waals surface area (Å²) < 4.78 is 11.3. The number of hydrogen-bond acceptors (Lipinski definition) is 5. The van der Waals surface area contributed by atoms with Crippen molar-refractivity contribution in [2.75, 3.05) is 38.6 Å². The molecule has 1 atom stereocenters. The largest absolute Gasteiger partial charge is 0.493 e. The van der Waals surface area contributed by atoms with E-state index in [4.69, 9.17) is 26.8 Å². The van der Waals surface area contributed by atoms with E-state index in [-0.39, 0.29) is 12.0 Å². The third-order valence-electron chi connectivity index (χ3n) is 4.61. The molecule has 6 nitrogen and oxygen atoms in total. The predicted molar refractivity (Wildman–Crippen MR) is 111 cm³/mol. The monoisotopic (exact) mass is 403 g/mol. The highest BCUT2D eigenvalue weighted by Gasteiger charge is 2.22. The Balaban J connectivity index is 1.57. The lowest BCUT2D eigenvalue weighted by atomic mass is 10.1. The third kappa shape index (κ3) is 5.38. The quantitative estimate of drug-likeness (QED) is 0.695. The zero-order valence-corrected chi connectivity index (χ0v) is 16.7. The fourth-order valence-corrected chi connectivity index (χ4v) is 3.38. The first kappa shape index (κ1) is 20.5. The maximum absolute atomic E-state index is 12.7. The summed E-state index contributed by atoms with van der Waals surface area (Å²) in [7, 11) is 0. The van der Waals surface area contributed by atoms with Crippen molar-refractivity contribution in [3.63, 3.8) is 0 Å². The number of nitrogen functional groups attached to an aromatic ring is 1. The van der Waals surface area contributed by atoms with Crippen molar-refractivity contribution in [2.24, 2.45) is 0 Å². The Labute approximate surface area is 170 Å². The number of amides is 1. The van der Waals surface area contributed by atoms with Gasteiger partial charge in [0.05, 0.1) is 35.6 Å². The predicted octanol–water partition coefficient (Wildman–Crippen LogP) is 2.95. The number of ether oxygens (including phenoxy) is 2. The summed E-state index contributed by atoms with van der Waals surface area (Å²) in [5, 5.41) is 3.26. The minimum atomic E-state index is -0.255. The van der Waals surface area contributed by atoms with Crippen molar-refractivity contribution in [3.8, 4) is 5.75 Å². The highest BCUT2D eigenvalue weighted by Crippen LogP contribution is 2.29. The first-order valence-electron chi connectivity index (χ1n) is 9.44. The van der Waals surface area contributed by atoms with Crippen LogP contribution in [-0.4, -0.2) is 49.8 Å². The van der Waals surface area contributed by atoms with Crippen LogP contribution in [0.3, 0.4) is 0 Å². The number of nitrogens with two attached hydrogens (primary N) is 1. The van der Waals surface area contributed by atoms with Crippen molar-refractivity contribution in [1.82, 2.24) is 10.2 Å². The maximum Gasteiger partial charge on any atom is 0.255 e. The number of carbonyl (C=O) groups is 1. The van der Waals surface area contributed by atoms with Gasteiger partial charge in [-0.15, -0.1) is 0 Å². The van der Waals surface area contributed by atoms with Crippen LogP contribution in [0.4, 0.5) is 5.69 Å². The molecule has 0 aromatic heterocycles. The van der Waals surface area contributed by atoms with Gasteiger partial charge >= 0.3 is 0 Å². The van der Waals surface area contributed by atoms with Gasteiger partial charge in [-0.05, 0) is 18.6 Å². The van der Waals surface area contributed by atoms with Gasteiger partial charge in [0.1, 0.15) is 5.75 Å². The van der Waals surface area contributed by atoms with Gasteiger partial charge in [-0.2, -0.15) is 0 Å². The number of nitrogens with one attached hydrogen (secondary N) is 1. The zero-order chi connectivity index (χ0) is 19.9. The Morgan fingerprint density at radius 1 is 1.36 bits per heavy atom. The molecule has 2 aromatic carbocycles. The lowest BCUT2D eigenvalue weighted by Crippen LogP contribution is -2.47. The van der Waals surface area contributed by atoms with Crippen LogP contribution in [0.5, 0.6) is 5.75 Å². The number of carbonyl (C=O) groups excluding carboxylic acids is 1. The molecule has 3 N–H and O–H groups in total. The molecular formula is C21H26ClN3O3. The van der Waals surface area contributed by atoms with Crippen LogP contribution in [-0.2, 0) is 11.3 Å². The molecule has 1 saturated heterocycles. The van der Waals surface area contributed by atoms with E-state index in [1.807, 2.05) is 25.1 Å². The number of benzene rings is 2. The van der Waals surface area contributed by atoms with E-state index in [9.17, 15) is 4.79 Å². The summed E-state index contributed by atoms with van der Waals surface area (Å²) >= 11 is 6.08. The molecule has 1 amide bonds. The molecule has 1 fully saturated rings. The van der Waals surface area contributed by atoms with E-state index < -0.39 is 0 Å². The summed E-state index contributed by atoms with van der Waals surface area (Å²) in [6.07, 6.45) is -0.0683. The second-order valence-electron chi connectivity index (χ2n) is 6.73. The van der Waals surface area contributed by atoms with E-state index >= 15 is 0 Å². The van der Waals surface area contributed by atoms with Gasteiger partial charge in [0.15, 0.2) is 0 Å². The van der Waals surface area contributed by atoms with Gasteiger partial charge in [-0.25, -0.2) is 0 Å². The van der Waals surface area contributed by atoms with E-state index in [1.165, 1.54) is 5.56 Å². The fraction of sp³-hybridized carbons (Fsp3) is 0.381.